The molecule has 0 spiro atoms. The minimum atomic E-state index is -2.21. The van der Waals surface area contributed by atoms with E-state index in [4.69, 9.17) is 5.11 Å². The van der Waals surface area contributed by atoms with Gasteiger partial charge in [-0.25, -0.2) is 4.39 Å². The molecule has 1 aliphatic rings. The highest BCUT2D eigenvalue weighted by atomic mass is 19.2. The van der Waals surface area contributed by atoms with Crippen LogP contribution in [0.15, 0.2) is 23.5 Å². The first-order chi connectivity index (χ1) is 6.98. The van der Waals surface area contributed by atoms with E-state index in [0.29, 0.717) is 5.57 Å². The first kappa shape index (κ1) is 11.7. The van der Waals surface area contributed by atoms with E-state index < -0.39 is 17.6 Å². The molecule has 0 fully saturated rings. The first-order valence-corrected chi connectivity index (χ1v) is 4.53. The standard InChI is InChI=1S/C10H13FO4/c1-15-10(11)6-7(2-4-8(10)12)3-5-9(13)14/h2,4,12H,3,5-6H2,1H3,(H,13,14). The molecule has 0 aromatic heterocycles. The number of ether oxygens (including phenoxy) is 1. The van der Waals surface area contributed by atoms with Crippen molar-refractivity contribution in [2.24, 2.45) is 0 Å². The second kappa shape index (κ2) is 4.44. The Balaban J connectivity index is 2.67. The SMILES string of the molecule is COC1(F)CC(CCC(=O)O)=CC=C1O. The summed E-state index contributed by atoms with van der Waals surface area (Å²) in [5.41, 5.74) is 0.611. The van der Waals surface area contributed by atoms with E-state index in [1.54, 1.807) is 0 Å². The zero-order valence-electron chi connectivity index (χ0n) is 8.36. The Labute approximate surface area is 86.7 Å². The highest BCUT2D eigenvalue weighted by molar-refractivity contribution is 5.67. The molecule has 4 nitrogen and oxygen atoms in total. The number of aliphatic hydroxyl groups is 1. The second-order valence-corrected chi connectivity index (χ2v) is 3.38. The van der Waals surface area contributed by atoms with Gasteiger partial charge in [-0.1, -0.05) is 11.6 Å². The summed E-state index contributed by atoms with van der Waals surface area (Å²) in [5.74, 6) is -3.62. The van der Waals surface area contributed by atoms with Crippen LogP contribution in [0.1, 0.15) is 19.3 Å². The van der Waals surface area contributed by atoms with Gasteiger partial charge in [-0.15, -0.1) is 0 Å². The normalized spacial score (nSPS) is 25.7. The minimum absolute atomic E-state index is 0.0553. The Bertz CT molecular complexity index is 321. The van der Waals surface area contributed by atoms with E-state index in [1.807, 2.05) is 0 Å². The number of aliphatic carboxylic acids is 1. The molecule has 0 aliphatic heterocycles. The molecule has 0 aromatic carbocycles. The molecule has 84 valence electrons. The van der Waals surface area contributed by atoms with Crippen LogP contribution in [0.3, 0.4) is 0 Å². The van der Waals surface area contributed by atoms with E-state index in [2.05, 4.69) is 4.74 Å². The number of methoxy groups -OCH3 is 1. The van der Waals surface area contributed by atoms with E-state index in [0.717, 1.165) is 7.11 Å². The number of carboxylic acids is 1. The third-order valence-corrected chi connectivity index (χ3v) is 2.30. The lowest BCUT2D eigenvalue weighted by molar-refractivity contribution is -0.137. The number of hydrogen-bond acceptors (Lipinski definition) is 3. The molecule has 1 atom stereocenters. The predicted octanol–water partition coefficient (Wildman–Crippen LogP) is 1.94. The number of halogens is 1. The number of rotatable bonds is 4. The highest BCUT2D eigenvalue weighted by Gasteiger charge is 2.37. The quantitative estimate of drug-likeness (QED) is 0.753. The molecule has 1 aliphatic carbocycles. The molecular formula is C10H13FO4. The summed E-state index contributed by atoms with van der Waals surface area (Å²) in [6.07, 6.45) is 2.80. The minimum Gasteiger partial charge on any atom is -0.506 e. The van der Waals surface area contributed by atoms with Crippen LogP contribution in [0.25, 0.3) is 0 Å². The Hall–Kier alpha value is -1.36. The van der Waals surface area contributed by atoms with E-state index in [9.17, 15) is 14.3 Å². The van der Waals surface area contributed by atoms with Crippen molar-refractivity contribution in [1.82, 2.24) is 0 Å². The summed E-state index contributed by atoms with van der Waals surface area (Å²) in [6, 6.07) is 0. The maximum absolute atomic E-state index is 13.7. The van der Waals surface area contributed by atoms with Gasteiger partial charge in [-0.3, -0.25) is 4.79 Å². The molecule has 0 bridgehead atoms. The number of aliphatic hydroxyl groups excluding tert-OH is 1. The summed E-state index contributed by atoms with van der Waals surface area (Å²) in [7, 11) is 1.16. The van der Waals surface area contributed by atoms with Gasteiger partial charge in [0.2, 0.25) is 0 Å². The molecule has 15 heavy (non-hydrogen) atoms. The van der Waals surface area contributed by atoms with Gasteiger partial charge in [0.15, 0.2) is 5.76 Å². The van der Waals surface area contributed by atoms with Gasteiger partial charge >= 0.3 is 5.97 Å². The Morgan fingerprint density at radius 1 is 1.67 bits per heavy atom. The van der Waals surface area contributed by atoms with Crippen molar-refractivity contribution in [2.45, 2.75) is 25.1 Å². The summed E-state index contributed by atoms with van der Waals surface area (Å²) < 4.78 is 18.3. The van der Waals surface area contributed by atoms with Gasteiger partial charge in [-0.05, 0) is 12.5 Å². The van der Waals surface area contributed by atoms with Crippen molar-refractivity contribution in [3.63, 3.8) is 0 Å². The molecule has 0 amide bonds. The molecule has 0 aromatic rings. The summed E-state index contributed by atoms with van der Waals surface area (Å²) in [6.45, 7) is 0. The molecular weight excluding hydrogens is 203 g/mol. The third-order valence-electron chi connectivity index (χ3n) is 2.30. The summed E-state index contributed by atoms with van der Waals surface area (Å²) in [4.78, 5) is 10.3. The molecule has 1 rings (SSSR count). The van der Waals surface area contributed by atoms with E-state index in [1.165, 1.54) is 12.2 Å². The highest BCUT2D eigenvalue weighted by Crippen LogP contribution is 2.34. The van der Waals surface area contributed by atoms with Crippen molar-refractivity contribution < 1.29 is 24.1 Å². The Kier molecular flexibility index (Phi) is 3.47. The number of allylic oxidation sites excluding steroid dienone is 2. The molecule has 0 saturated carbocycles. The average Bonchev–Trinajstić information content (AvgIpc) is 2.20. The fraction of sp³-hybridized carbons (Fsp3) is 0.500. The van der Waals surface area contributed by atoms with Crippen molar-refractivity contribution in [2.75, 3.05) is 7.11 Å². The zero-order valence-corrected chi connectivity index (χ0v) is 8.36. The lowest BCUT2D eigenvalue weighted by Crippen LogP contribution is -2.30. The van der Waals surface area contributed by atoms with E-state index in [-0.39, 0.29) is 19.3 Å². The largest absolute Gasteiger partial charge is 0.506 e. The predicted molar refractivity (Wildman–Crippen MR) is 51.1 cm³/mol. The van der Waals surface area contributed by atoms with Crippen LogP contribution in [0.2, 0.25) is 0 Å². The topological polar surface area (TPSA) is 66.8 Å². The number of carboxylic acid groups (broad SMARTS) is 1. The molecule has 5 heteroatoms. The smallest absolute Gasteiger partial charge is 0.303 e. The van der Waals surface area contributed by atoms with Gasteiger partial charge in [0.25, 0.3) is 5.85 Å². The Morgan fingerprint density at radius 3 is 2.87 bits per heavy atom. The zero-order chi connectivity index (χ0) is 11.5. The lowest BCUT2D eigenvalue weighted by atomic mass is 9.95. The number of carbonyl (C=O) groups is 1. The molecule has 0 saturated heterocycles. The Morgan fingerprint density at radius 2 is 2.33 bits per heavy atom. The van der Waals surface area contributed by atoms with Gasteiger partial charge in [-0.2, -0.15) is 0 Å². The molecule has 2 N–H and O–H groups in total. The van der Waals surface area contributed by atoms with Crippen LogP contribution in [0.4, 0.5) is 4.39 Å². The number of hydrogen-bond donors (Lipinski definition) is 2. The van der Waals surface area contributed by atoms with Crippen LogP contribution in [0.5, 0.6) is 0 Å². The molecule has 0 heterocycles. The third kappa shape index (κ3) is 2.79. The van der Waals surface area contributed by atoms with Gasteiger partial charge < -0.3 is 14.9 Å². The summed E-state index contributed by atoms with van der Waals surface area (Å²) >= 11 is 0. The maximum Gasteiger partial charge on any atom is 0.303 e. The van der Waals surface area contributed by atoms with Crippen molar-refractivity contribution in [3.05, 3.63) is 23.5 Å². The fourth-order valence-electron chi connectivity index (χ4n) is 1.38. The summed E-state index contributed by atoms with van der Waals surface area (Å²) in [5, 5.41) is 17.7. The van der Waals surface area contributed by atoms with Crippen molar-refractivity contribution in [1.29, 1.82) is 0 Å². The lowest BCUT2D eigenvalue weighted by Gasteiger charge is -2.26. The molecule has 1 unspecified atom stereocenters. The van der Waals surface area contributed by atoms with Crippen molar-refractivity contribution in [3.8, 4) is 0 Å². The molecule has 0 radical (unpaired) electrons. The van der Waals surface area contributed by atoms with Crippen LogP contribution < -0.4 is 0 Å². The average molecular weight is 216 g/mol. The second-order valence-electron chi connectivity index (χ2n) is 3.38. The van der Waals surface area contributed by atoms with Crippen LogP contribution in [-0.4, -0.2) is 29.1 Å². The fourth-order valence-corrected chi connectivity index (χ4v) is 1.38. The van der Waals surface area contributed by atoms with Crippen molar-refractivity contribution >= 4 is 5.97 Å². The van der Waals surface area contributed by atoms with Crippen LogP contribution in [-0.2, 0) is 9.53 Å². The van der Waals surface area contributed by atoms with E-state index >= 15 is 0 Å². The monoisotopic (exact) mass is 216 g/mol. The van der Waals surface area contributed by atoms with Crippen LogP contribution >= 0.6 is 0 Å². The number of alkyl halides is 1. The van der Waals surface area contributed by atoms with Gasteiger partial charge in [0.05, 0.1) is 0 Å². The van der Waals surface area contributed by atoms with Gasteiger partial charge in [0.1, 0.15) is 0 Å². The maximum atomic E-state index is 13.7. The van der Waals surface area contributed by atoms with Gasteiger partial charge in [0, 0.05) is 20.0 Å². The van der Waals surface area contributed by atoms with Crippen LogP contribution in [0, 0.1) is 0 Å². The first-order valence-electron chi connectivity index (χ1n) is 4.53.